The maximum atomic E-state index is 5.95. The summed E-state index contributed by atoms with van der Waals surface area (Å²) in [5.74, 6) is 5.67. The fourth-order valence-electron chi connectivity index (χ4n) is 1.92. The molecule has 0 aliphatic heterocycles. The lowest BCUT2D eigenvalue weighted by molar-refractivity contribution is 0.555. The first-order valence-corrected chi connectivity index (χ1v) is 7.07. The minimum absolute atomic E-state index is 0.124. The van der Waals surface area contributed by atoms with Crippen LogP contribution in [0.1, 0.15) is 27.6 Å². The van der Waals surface area contributed by atoms with Gasteiger partial charge in [0.1, 0.15) is 0 Å². The van der Waals surface area contributed by atoms with Gasteiger partial charge in [0, 0.05) is 11.3 Å². The van der Waals surface area contributed by atoms with Crippen LogP contribution in [0.2, 0.25) is 4.34 Å². The van der Waals surface area contributed by atoms with Crippen molar-refractivity contribution < 1.29 is 0 Å². The average Bonchev–Trinajstić information content (AvgIpc) is 2.75. The van der Waals surface area contributed by atoms with Gasteiger partial charge in [-0.05, 0) is 42.7 Å². The van der Waals surface area contributed by atoms with Crippen molar-refractivity contribution in [3.8, 4) is 0 Å². The Balaban J connectivity index is 2.19. The normalized spacial score (nSPS) is 12.7. The van der Waals surface area contributed by atoms with Gasteiger partial charge < -0.3 is 0 Å². The molecule has 0 bridgehead atoms. The number of rotatable bonds is 4. The maximum Gasteiger partial charge on any atom is 0.0931 e. The molecule has 0 aliphatic rings. The Bertz CT molecular complexity index is 536. The Hall–Kier alpha value is -0.870. The molecule has 18 heavy (non-hydrogen) atoms. The highest BCUT2D eigenvalue weighted by atomic mass is 35.5. The lowest BCUT2D eigenvalue weighted by Crippen LogP contribution is -2.29. The van der Waals surface area contributed by atoms with E-state index in [0.717, 1.165) is 10.8 Å². The summed E-state index contributed by atoms with van der Waals surface area (Å²) in [6, 6.07) is 10.6. The van der Waals surface area contributed by atoms with Crippen molar-refractivity contribution in [2.75, 3.05) is 0 Å². The molecule has 4 heteroatoms. The van der Waals surface area contributed by atoms with E-state index in [4.69, 9.17) is 17.4 Å². The van der Waals surface area contributed by atoms with Gasteiger partial charge >= 0.3 is 0 Å². The fraction of sp³-hybridized carbons (Fsp3) is 0.286. The zero-order chi connectivity index (χ0) is 13.1. The molecule has 1 aromatic heterocycles. The van der Waals surface area contributed by atoms with E-state index in [9.17, 15) is 0 Å². The van der Waals surface area contributed by atoms with Crippen LogP contribution in [-0.2, 0) is 6.42 Å². The third-order valence-electron chi connectivity index (χ3n) is 3.17. The number of hydrogen-bond donors (Lipinski definition) is 2. The second-order valence-electron chi connectivity index (χ2n) is 4.47. The van der Waals surface area contributed by atoms with Gasteiger partial charge in [0.2, 0.25) is 0 Å². The Morgan fingerprint density at radius 3 is 2.56 bits per heavy atom. The fourth-order valence-corrected chi connectivity index (χ4v) is 3.05. The predicted molar refractivity (Wildman–Crippen MR) is 79.0 cm³/mol. The molecule has 2 nitrogen and oxygen atoms in total. The zero-order valence-electron chi connectivity index (χ0n) is 10.5. The Morgan fingerprint density at radius 1 is 1.22 bits per heavy atom. The Kier molecular flexibility index (Phi) is 4.40. The van der Waals surface area contributed by atoms with E-state index in [1.165, 1.54) is 21.6 Å². The molecular weight excluding hydrogens is 264 g/mol. The lowest BCUT2D eigenvalue weighted by atomic mass is 9.99. The highest BCUT2D eigenvalue weighted by molar-refractivity contribution is 7.16. The smallest absolute Gasteiger partial charge is 0.0931 e. The van der Waals surface area contributed by atoms with Crippen molar-refractivity contribution in [3.05, 3.63) is 56.2 Å². The Labute approximate surface area is 117 Å². The SMILES string of the molecule is Cc1ccc(C(Cc2ccc(Cl)s2)NN)cc1C. The van der Waals surface area contributed by atoms with Crippen molar-refractivity contribution in [1.82, 2.24) is 5.43 Å². The molecule has 1 unspecified atom stereocenters. The van der Waals surface area contributed by atoms with E-state index >= 15 is 0 Å². The molecule has 96 valence electrons. The summed E-state index contributed by atoms with van der Waals surface area (Å²) in [7, 11) is 0. The summed E-state index contributed by atoms with van der Waals surface area (Å²) in [6.07, 6.45) is 0.858. The Morgan fingerprint density at radius 2 is 2.00 bits per heavy atom. The molecule has 0 aliphatic carbocycles. The van der Waals surface area contributed by atoms with Crippen LogP contribution in [0.4, 0.5) is 0 Å². The van der Waals surface area contributed by atoms with Gasteiger partial charge in [-0.1, -0.05) is 29.8 Å². The van der Waals surface area contributed by atoms with Gasteiger partial charge in [-0.25, -0.2) is 0 Å². The van der Waals surface area contributed by atoms with Gasteiger partial charge in [-0.3, -0.25) is 11.3 Å². The number of aryl methyl sites for hydroxylation is 2. The molecule has 0 amide bonds. The molecular formula is C14H17ClN2S. The molecule has 0 fully saturated rings. The van der Waals surface area contributed by atoms with E-state index in [-0.39, 0.29) is 6.04 Å². The van der Waals surface area contributed by atoms with E-state index in [0.29, 0.717) is 0 Å². The molecule has 1 atom stereocenters. The minimum atomic E-state index is 0.124. The molecule has 3 N–H and O–H groups in total. The van der Waals surface area contributed by atoms with E-state index in [2.05, 4.69) is 43.5 Å². The first-order valence-electron chi connectivity index (χ1n) is 5.87. The third kappa shape index (κ3) is 3.12. The molecule has 0 saturated heterocycles. The summed E-state index contributed by atoms with van der Waals surface area (Å²) < 4.78 is 0.820. The number of benzene rings is 1. The van der Waals surface area contributed by atoms with Crippen LogP contribution in [0.3, 0.4) is 0 Å². The van der Waals surface area contributed by atoms with E-state index < -0.39 is 0 Å². The van der Waals surface area contributed by atoms with Crippen molar-refractivity contribution >= 4 is 22.9 Å². The summed E-state index contributed by atoms with van der Waals surface area (Å²) in [5, 5.41) is 0. The second kappa shape index (κ2) is 5.85. The lowest BCUT2D eigenvalue weighted by Gasteiger charge is -2.16. The molecule has 0 spiro atoms. The summed E-state index contributed by atoms with van der Waals surface area (Å²) in [4.78, 5) is 1.24. The van der Waals surface area contributed by atoms with Crippen molar-refractivity contribution in [3.63, 3.8) is 0 Å². The summed E-state index contributed by atoms with van der Waals surface area (Å²) in [6.45, 7) is 4.23. The molecule has 1 heterocycles. The van der Waals surface area contributed by atoms with Crippen LogP contribution in [0.15, 0.2) is 30.3 Å². The topological polar surface area (TPSA) is 38.0 Å². The third-order valence-corrected chi connectivity index (χ3v) is 4.42. The van der Waals surface area contributed by atoms with Crippen LogP contribution in [0.5, 0.6) is 0 Å². The molecule has 0 saturated carbocycles. The largest absolute Gasteiger partial charge is 0.271 e. The van der Waals surface area contributed by atoms with Gasteiger partial charge in [-0.2, -0.15) is 0 Å². The summed E-state index contributed by atoms with van der Waals surface area (Å²) in [5.41, 5.74) is 6.69. The van der Waals surface area contributed by atoms with Gasteiger partial charge in [-0.15, -0.1) is 11.3 Å². The van der Waals surface area contributed by atoms with E-state index in [1.807, 2.05) is 6.07 Å². The highest BCUT2D eigenvalue weighted by Gasteiger charge is 2.12. The van der Waals surface area contributed by atoms with Crippen molar-refractivity contribution in [1.29, 1.82) is 0 Å². The van der Waals surface area contributed by atoms with Crippen LogP contribution in [0, 0.1) is 13.8 Å². The number of hydrogen-bond acceptors (Lipinski definition) is 3. The molecule has 1 aromatic carbocycles. The van der Waals surface area contributed by atoms with Crippen molar-refractivity contribution in [2.24, 2.45) is 5.84 Å². The van der Waals surface area contributed by atoms with Crippen LogP contribution >= 0.6 is 22.9 Å². The first-order chi connectivity index (χ1) is 8.60. The molecule has 2 aromatic rings. The highest BCUT2D eigenvalue weighted by Crippen LogP contribution is 2.27. The van der Waals surface area contributed by atoms with Crippen LogP contribution in [0.25, 0.3) is 0 Å². The van der Waals surface area contributed by atoms with Gasteiger partial charge in [0.15, 0.2) is 0 Å². The predicted octanol–water partition coefficient (Wildman–Crippen LogP) is 3.77. The maximum absolute atomic E-state index is 5.95. The standard InChI is InChI=1S/C14H17ClN2S/c1-9-3-4-11(7-10(9)2)13(17-16)8-12-5-6-14(15)18-12/h3-7,13,17H,8,16H2,1-2H3. The molecule has 0 radical (unpaired) electrons. The molecule has 2 rings (SSSR count). The quantitative estimate of drug-likeness (QED) is 0.661. The van der Waals surface area contributed by atoms with Crippen LogP contribution in [-0.4, -0.2) is 0 Å². The number of nitrogens with one attached hydrogen (secondary N) is 1. The number of thiophene rings is 1. The van der Waals surface area contributed by atoms with Gasteiger partial charge in [0.25, 0.3) is 0 Å². The second-order valence-corrected chi connectivity index (χ2v) is 6.27. The first kappa shape index (κ1) is 13.6. The monoisotopic (exact) mass is 280 g/mol. The number of nitrogens with two attached hydrogens (primary N) is 1. The average molecular weight is 281 g/mol. The summed E-state index contributed by atoms with van der Waals surface area (Å²) >= 11 is 7.55. The van der Waals surface area contributed by atoms with E-state index in [1.54, 1.807) is 11.3 Å². The van der Waals surface area contributed by atoms with Gasteiger partial charge in [0.05, 0.1) is 10.4 Å². The zero-order valence-corrected chi connectivity index (χ0v) is 12.1. The number of halogens is 1. The minimum Gasteiger partial charge on any atom is -0.271 e. The van der Waals surface area contributed by atoms with Crippen molar-refractivity contribution in [2.45, 2.75) is 26.3 Å². The number of hydrazine groups is 1. The van der Waals surface area contributed by atoms with Crippen LogP contribution < -0.4 is 11.3 Å².